The van der Waals surface area contributed by atoms with Crippen molar-refractivity contribution in [3.05, 3.63) is 94.3 Å². The first-order chi connectivity index (χ1) is 33.5. The Kier molecular flexibility index (Phi) is 21.3. The van der Waals surface area contributed by atoms with Gasteiger partial charge in [-0.3, -0.25) is 14.4 Å². The Labute approximate surface area is 410 Å². The molecular formula is C51H70N8O11. The number of hydrogen-bond acceptors (Lipinski definition) is 15. The highest BCUT2D eigenvalue weighted by atomic mass is 16.6. The monoisotopic (exact) mass is 971 g/mol. The molecule has 19 heteroatoms. The van der Waals surface area contributed by atoms with Crippen molar-refractivity contribution in [1.29, 1.82) is 0 Å². The van der Waals surface area contributed by atoms with Crippen LogP contribution in [0.3, 0.4) is 0 Å². The number of alkyl carbamates (subject to hydrolysis) is 1. The highest BCUT2D eigenvalue weighted by Crippen LogP contribution is 2.37. The maximum atomic E-state index is 12.9. The van der Waals surface area contributed by atoms with E-state index in [1.165, 1.54) is 0 Å². The molecule has 19 nitrogen and oxygen atoms in total. The number of anilines is 1. The van der Waals surface area contributed by atoms with Gasteiger partial charge in [0.05, 0.1) is 86.7 Å². The fourth-order valence-corrected chi connectivity index (χ4v) is 7.46. The number of Topliss-reactive ketones (excluding diaryl/α,β-unsaturated/α-hetero) is 1. The Morgan fingerprint density at radius 1 is 0.771 bits per heavy atom. The van der Waals surface area contributed by atoms with E-state index in [-0.39, 0.29) is 22.9 Å². The largest absolute Gasteiger partial charge is 0.506 e. The summed E-state index contributed by atoms with van der Waals surface area (Å²) < 4.78 is 35.1. The first-order valence-electron chi connectivity index (χ1n) is 23.8. The lowest BCUT2D eigenvalue weighted by molar-refractivity contribution is -0.0111. The quantitative estimate of drug-likeness (QED) is 0.0265. The molecule has 0 radical (unpaired) electrons. The average molecular weight is 971 g/mol. The second-order valence-electron chi connectivity index (χ2n) is 18.6. The molecular weight excluding hydrogens is 901 g/mol. The normalized spacial score (nSPS) is 13.3. The van der Waals surface area contributed by atoms with E-state index in [2.05, 4.69) is 40.0 Å². The summed E-state index contributed by atoms with van der Waals surface area (Å²) in [5.74, 6) is -0.681. The molecule has 0 spiro atoms. The fourth-order valence-electron chi connectivity index (χ4n) is 7.46. The van der Waals surface area contributed by atoms with Crippen LogP contribution < -0.4 is 21.7 Å². The highest BCUT2D eigenvalue weighted by molar-refractivity contribution is 6.00. The van der Waals surface area contributed by atoms with E-state index in [0.717, 1.165) is 23.4 Å². The first kappa shape index (κ1) is 54.7. The van der Waals surface area contributed by atoms with E-state index >= 15 is 0 Å². The van der Waals surface area contributed by atoms with E-state index < -0.39 is 17.6 Å². The molecule has 0 saturated carbocycles. The summed E-state index contributed by atoms with van der Waals surface area (Å²) in [5, 5.41) is 32.3. The van der Waals surface area contributed by atoms with Gasteiger partial charge in [0.1, 0.15) is 17.0 Å². The number of nitrogens with two attached hydrogens (primary N) is 1. The van der Waals surface area contributed by atoms with Crippen LogP contribution in [0.4, 0.5) is 21.9 Å². The second kappa shape index (κ2) is 27.2. The number of aryl methyl sites for hydroxylation is 1. The lowest BCUT2D eigenvalue weighted by Crippen LogP contribution is -2.33. The molecule has 0 fully saturated rings. The first-order valence-corrected chi connectivity index (χ1v) is 23.8. The molecule has 6 N–H and O–H groups in total. The minimum absolute atomic E-state index is 0.0384. The second-order valence-corrected chi connectivity index (χ2v) is 18.6. The van der Waals surface area contributed by atoms with Gasteiger partial charge in [0.25, 0.3) is 11.8 Å². The SMILES string of the molecule is Cc1nn(-c2ccc(C(N)=O)c(NCCCOCCOCCOCCOCCOCCCNC(=O)c3ccc(N=Nc4ccc(CCNC(=O)OC(C)(C)C)cc4O)cc3)c2)c2c1C(=O)CC(C)(C)C2. The molecule has 3 aromatic carbocycles. The maximum absolute atomic E-state index is 12.9. The highest BCUT2D eigenvalue weighted by Gasteiger charge is 2.36. The van der Waals surface area contributed by atoms with Gasteiger partial charge in [-0.2, -0.15) is 10.2 Å². The zero-order chi connectivity index (χ0) is 50.5. The van der Waals surface area contributed by atoms with E-state index in [1.54, 1.807) is 75.4 Å². The van der Waals surface area contributed by atoms with Crippen molar-refractivity contribution in [2.24, 2.45) is 21.4 Å². The van der Waals surface area contributed by atoms with E-state index in [9.17, 15) is 24.3 Å². The number of aromatic nitrogens is 2. The van der Waals surface area contributed by atoms with Crippen molar-refractivity contribution in [1.82, 2.24) is 20.4 Å². The standard InChI is InChI=1S/C51H70N8O11/c1-35-46-43(33-51(5,6)34-45(46)61)59(58-35)39-14-15-40(47(52)62)42(32-39)53-18-7-21-65-23-25-67-27-29-69-30-28-68-26-24-66-22-8-19-54-48(63)37-10-12-38(13-11-37)56-57-41-16-9-36(31-44(41)60)17-20-55-49(64)70-50(2,3)4/h9-16,31-32,53,60H,7-8,17-30,33-34H2,1-6H3,(H2,52,62)(H,54,63)(H,55,64). The number of carbonyl (C=O) groups is 4. The number of benzene rings is 3. The summed E-state index contributed by atoms with van der Waals surface area (Å²) in [4.78, 5) is 49.5. The topological polar surface area (TPSA) is 249 Å². The zero-order valence-electron chi connectivity index (χ0n) is 41.4. The summed E-state index contributed by atoms with van der Waals surface area (Å²) in [6, 6.07) is 17.0. The van der Waals surface area contributed by atoms with Crippen LogP contribution in [0.15, 0.2) is 70.9 Å². The van der Waals surface area contributed by atoms with Crippen LogP contribution in [0, 0.1) is 12.3 Å². The molecule has 0 unspecified atom stereocenters. The summed E-state index contributed by atoms with van der Waals surface area (Å²) in [6.45, 7) is 17.2. The third-order valence-corrected chi connectivity index (χ3v) is 10.8. The van der Waals surface area contributed by atoms with Crippen LogP contribution in [-0.2, 0) is 41.3 Å². The molecule has 0 atom stereocenters. The molecule has 4 aromatic rings. The van der Waals surface area contributed by atoms with Gasteiger partial charge in [0, 0.05) is 50.5 Å². The van der Waals surface area contributed by atoms with Crippen LogP contribution in [0.5, 0.6) is 5.75 Å². The lowest BCUT2D eigenvalue weighted by atomic mass is 9.75. The summed E-state index contributed by atoms with van der Waals surface area (Å²) in [5.41, 5.74) is 11.1. The molecule has 380 valence electrons. The molecule has 3 amide bonds. The zero-order valence-corrected chi connectivity index (χ0v) is 41.4. The number of hydrogen-bond donors (Lipinski definition) is 5. The van der Waals surface area contributed by atoms with Gasteiger partial charge >= 0.3 is 6.09 Å². The number of phenols is 1. The number of amides is 3. The number of nitrogens with one attached hydrogen (secondary N) is 3. The van der Waals surface area contributed by atoms with Crippen LogP contribution >= 0.6 is 0 Å². The van der Waals surface area contributed by atoms with Gasteiger partial charge in [0.15, 0.2) is 5.78 Å². The number of fused-ring (bicyclic) bond motifs is 1. The Hall–Kier alpha value is -6.25. The van der Waals surface area contributed by atoms with Crippen molar-refractivity contribution in [3.63, 3.8) is 0 Å². The number of nitrogens with zero attached hydrogens (tertiary/aromatic N) is 4. The minimum Gasteiger partial charge on any atom is -0.506 e. The summed E-state index contributed by atoms with van der Waals surface area (Å²) >= 11 is 0. The number of ether oxygens (including phenoxy) is 6. The fraction of sp³-hybridized carbons (Fsp3) is 0.510. The van der Waals surface area contributed by atoms with Crippen molar-refractivity contribution in [2.75, 3.05) is 91.0 Å². The number of ketones is 1. The predicted molar refractivity (Wildman–Crippen MR) is 264 cm³/mol. The van der Waals surface area contributed by atoms with Crippen molar-refractivity contribution >= 4 is 40.8 Å². The Morgan fingerprint density at radius 3 is 1.99 bits per heavy atom. The van der Waals surface area contributed by atoms with Gasteiger partial charge in [-0.05, 0) is 119 Å². The number of rotatable bonds is 29. The number of carbonyl (C=O) groups excluding carboxylic acids is 4. The Morgan fingerprint density at radius 2 is 1.39 bits per heavy atom. The van der Waals surface area contributed by atoms with Crippen molar-refractivity contribution < 1.29 is 52.7 Å². The Balaban J connectivity index is 0.820. The van der Waals surface area contributed by atoms with Gasteiger partial charge in [-0.25, -0.2) is 9.48 Å². The molecule has 5 rings (SSSR count). The number of phenolic OH excluding ortho intramolecular Hbond substituents is 1. The number of aromatic hydroxyl groups is 1. The number of primary amides is 1. The summed E-state index contributed by atoms with van der Waals surface area (Å²) in [6.07, 6.45) is 2.54. The Bertz CT molecular complexity index is 2380. The van der Waals surface area contributed by atoms with Gasteiger partial charge in [-0.15, -0.1) is 5.11 Å². The van der Waals surface area contributed by atoms with E-state index in [0.29, 0.717) is 151 Å². The van der Waals surface area contributed by atoms with Gasteiger partial charge in [-0.1, -0.05) is 19.9 Å². The molecule has 70 heavy (non-hydrogen) atoms. The van der Waals surface area contributed by atoms with Crippen LogP contribution in [0.1, 0.15) is 102 Å². The molecule has 1 aliphatic rings. The summed E-state index contributed by atoms with van der Waals surface area (Å²) in [7, 11) is 0. The number of azo groups is 1. The van der Waals surface area contributed by atoms with E-state index in [1.807, 2.05) is 17.7 Å². The van der Waals surface area contributed by atoms with E-state index in [4.69, 9.17) is 39.3 Å². The van der Waals surface area contributed by atoms with Crippen LogP contribution in [-0.4, -0.2) is 130 Å². The van der Waals surface area contributed by atoms with Gasteiger partial charge in [0.2, 0.25) is 0 Å². The molecule has 1 heterocycles. The minimum atomic E-state index is -0.577. The van der Waals surface area contributed by atoms with Gasteiger partial charge < -0.3 is 55.2 Å². The molecule has 0 aliphatic heterocycles. The molecule has 1 aromatic heterocycles. The molecule has 1 aliphatic carbocycles. The lowest BCUT2D eigenvalue weighted by Gasteiger charge is -2.29. The third kappa shape index (κ3) is 18.2. The van der Waals surface area contributed by atoms with Crippen LogP contribution in [0.2, 0.25) is 0 Å². The van der Waals surface area contributed by atoms with Crippen molar-refractivity contribution in [3.8, 4) is 11.4 Å². The smallest absolute Gasteiger partial charge is 0.407 e. The molecule has 0 saturated heterocycles. The van der Waals surface area contributed by atoms with Crippen LogP contribution in [0.25, 0.3) is 5.69 Å². The predicted octanol–water partition coefficient (Wildman–Crippen LogP) is 7.33. The molecule has 0 bridgehead atoms. The third-order valence-electron chi connectivity index (χ3n) is 10.8. The maximum Gasteiger partial charge on any atom is 0.407 e. The average Bonchev–Trinajstić information content (AvgIpc) is 3.63. The van der Waals surface area contributed by atoms with Crippen molar-refractivity contribution in [2.45, 2.75) is 79.2 Å².